The number of hydrogen-bond acceptors (Lipinski definition) is 5. The Bertz CT molecular complexity index is 1440. The number of para-hydroxylation sites is 1. The zero-order chi connectivity index (χ0) is 26.1. The largest absolute Gasteiger partial charge is 0.489 e. The first-order chi connectivity index (χ1) is 17.8. The zero-order valence-corrected chi connectivity index (χ0v) is 21.9. The third-order valence-corrected chi connectivity index (χ3v) is 7.58. The highest BCUT2D eigenvalue weighted by atomic mass is 16.5. The van der Waals surface area contributed by atoms with Gasteiger partial charge >= 0.3 is 5.97 Å². The fraction of sp³-hybridized carbons (Fsp3) is 0.367. The van der Waals surface area contributed by atoms with Crippen molar-refractivity contribution in [3.8, 4) is 5.75 Å². The Morgan fingerprint density at radius 2 is 1.97 bits per heavy atom. The van der Waals surface area contributed by atoms with Crippen molar-refractivity contribution < 1.29 is 14.6 Å². The molecule has 0 fully saturated rings. The second-order valence-corrected chi connectivity index (χ2v) is 10.1. The maximum absolute atomic E-state index is 12.0. The predicted octanol–water partition coefficient (Wildman–Crippen LogP) is 5.36. The Morgan fingerprint density at radius 1 is 1.16 bits per heavy atom. The summed E-state index contributed by atoms with van der Waals surface area (Å²) in [5.41, 5.74) is 8.33. The number of hydrogen-bond donors (Lipinski definition) is 1. The van der Waals surface area contributed by atoms with Gasteiger partial charge in [0.2, 0.25) is 0 Å². The second kappa shape index (κ2) is 10.3. The lowest BCUT2D eigenvalue weighted by Gasteiger charge is -2.25. The van der Waals surface area contributed by atoms with E-state index >= 15 is 0 Å². The van der Waals surface area contributed by atoms with E-state index in [1.165, 1.54) is 16.7 Å². The smallest absolute Gasteiger partial charge is 0.304 e. The number of carbonyl (C=O) groups is 1. The molecule has 0 bridgehead atoms. The van der Waals surface area contributed by atoms with E-state index in [1.807, 2.05) is 32.2 Å². The summed E-state index contributed by atoms with van der Waals surface area (Å²) in [6.45, 7) is 8.73. The van der Waals surface area contributed by atoms with Gasteiger partial charge in [0.05, 0.1) is 11.9 Å². The lowest BCUT2D eigenvalue weighted by molar-refractivity contribution is -0.137. The molecule has 1 aliphatic heterocycles. The molecule has 0 aliphatic carbocycles. The molecule has 1 aromatic heterocycles. The van der Waals surface area contributed by atoms with Crippen LogP contribution in [0.15, 0.2) is 54.6 Å². The predicted molar refractivity (Wildman–Crippen MR) is 144 cm³/mol. The number of carboxylic acid groups (broad SMARTS) is 1. The standard InChI is InChI=1S/C30H34N4O3/c1-5-24-18-34(16-22-8-6-7-9-28(22)37-24)17-23-14-21(11-10-19(23)2)26(15-29(35)36)25-12-13-27-30(20(25)3)31-32-33(27)4/h6-14,24,26H,5,15-18H2,1-4H3,(H,35,36)/t24?,26-/m0/s1. The van der Waals surface area contributed by atoms with Crippen molar-refractivity contribution in [3.63, 3.8) is 0 Å². The third kappa shape index (κ3) is 5.09. The van der Waals surface area contributed by atoms with E-state index in [0.29, 0.717) is 0 Å². The first kappa shape index (κ1) is 25.0. The second-order valence-electron chi connectivity index (χ2n) is 10.1. The maximum Gasteiger partial charge on any atom is 0.304 e. The van der Waals surface area contributed by atoms with Crippen LogP contribution in [0.1, 0.15) is 59.1 Å². The molecule has 4 aromatic rings. The molecule has 37 heavy (non-hydrogen) atoms. The highest BCUT2D eigenvalue weighted by molar-refractivity contribution is 5.80. The van der Waals surface area contributed by atoms with Crippen molar-refractivity contribution in [2.45, 2.75) is 58.7 Å². The van der Waals surface area contributed by atoms with Gasteiger partial charge in [0.1, 0.15) is 17.4 Å². The van der Waals surface area contributed by atoms with E-state index in [1.54, 1.807) is 4.68 Å². The van der Waals surface area contributed by atoms with Gasteiger partial charge in [0.15, 0.2) is 0 Å². The fourth-order valence-electron chi connectivity index (χ4n) is 5.42. The molecule has 0 radical (unpaired) electrons. The monoisotopic (exact) mass is 498 g/mol. The minimum absolute atomic E-state index is 0.0119. The van der Waals surface area contributed by atoms with Crippen molar-refractivity contribution in [3.05, 3.63) is 88.0 Å². The van der Waals surface area contributed by atoms with Crippen LogP contribution in [0.2, 0.25) is 0 Å². The van der Waals surface area contributed by atoms with Crippen molar-refractivity contribution in [1.82, 2.24) is 19.9 Å². The molecule has 7 nitrogen and oxygen atoms in total. The number of rotatable bonds is 7. The molecule has 1 unspecified atom stereocenters. The van der Waals surface area contributed by atoms with Crippen LogP contribution in [0.3, 0.4) is 0 Å². The molecule has 1 aliphatic rings. The van der Waals surface area contributed by atoms with Crippen LogP contribution in [-0.4, -0.2) is 43.6 Å². The Balaban J connectivity index is 1.50. The zero-order valence-electron chi connectivity index (χ0n) is 21.9. The fourth-order valence-corrected chi connectivity index (χ4v) is 5.42. The summed E-state index contributed by atoms with van der Waals surface area (Å²) < 4.78 is 8.04. The minimum Gasteiger partial charge on any atom is -0.489 e. The van der Waals surface area contributed by atoms with Gasteiger partial charge < -0.3 is 9.84 Å². The summed E-state index contributed by atoms with van der Waals surface area (Å²) >= 11 is 0. The molecular weight excluding hydrogens is 464 g/mol. The third-order valence-electron chi connectivity index (χ3n) is 7.58. The topological polar surface area (TPSA) is 80.5 Å². The van der Waals surface area contributed by atoms with Crippen molar-refractivity contribution in [1.29, 1.82) is 0 Å². The number of aromatic nitrogens is 3. The van der Waals surface area contributed by atoms with E-state index in [4.69, 9.17) is 4.74 Å². The van der Waals surface area contributed by atoms with Crippen LogP contribution in [-0.2, 0) is 24.9 Å². The van der Waals surface area contributed by atoms with Crippen molar-refractivity contribution >= 4 is 17.0 Å². The summed E-state index contributed by atoms with van der Waals surface area (Å²) in [5.74, 6) is -0.128. The number of nitrogens with zero attached hydrogens (tertiary/aromatic N) is 4. The van der Waals surface area contributed by atoms with Gasteiger partial charge in [0, 0.05) is 38.2 Å². The Hall–Kier alpha value is -3.71. The van der Waals surface area contributed by atoms with Crippen LogP contribution in [0, 0.1) is 13.8 Å². The first-order valence-electron chi connectivity index (χ1n) is 12.9. The first-order valence-corrected chi connectivity index (χ1v) is 12.9. The summed E-state index contributed by atoms with van der Waals surface area (Å²) in [7, 11) is 1.87. The number of aliphatic carboxylic acids is 1. The molecular formula is C30H34N4O3. The molecule has 7 heteroatoms. The summed E-state index contributed by atoms with van der Waals surface area (Å²) in [6, 6.07) is 18.7. The SMILES string of the molecule is CCC1CN(Cc2cc([C@H](CC(=O)O)c3ccc4c(nnn4C)c3C)ccc2C)Cc2ccccc2O1. The van der Waals surface area contributed by atoms with Gasteiger partial charge in [-0.3, -0.25) is 9.69 Å². The number of aryl methyl sites for hydroxylation is 3. The molecule has 2 heterocycles. The average Bonchev–Trinajstić information content (AvgIpc) is 3.16. The van der Waals surface area contributed by atoms with E-state index in [0.717, 1.165) is 59.5 Å². The van der Waals surface area contributed by atoms with Crippen LogP contribution >= 0.6 is 0 Å². The van der Waals surface area contributed by atoms with Gasteiger partial charge in [-0.1, -0.05) is 54.6 Å². The highest BCUT2D eigenvalue weighted by Crippen LogP contribution is 2.35. The Morgan fingerprint density at radius 3 is 2.76 bits per heavy atom. The molecule has 5 rings (SSSR count). The van der Waals surface area contributed by atoms with Crippen molar-refractivity contribution in [2.75, 3.05) is 6.54 Å². The quantitative estimate of drug-likeness (QED) is 0.369. The average molecular weight is 499 g/mol. The van der Waals surface area contributed by atoms with Gasteiger partial charge in [-0.2, -0.15) is 0 Å². The number of fused-ring (bicyclic) bond motifs is 2. The minimum atomic E-state index is -0.821. The molecule has 192 valence electrons. The highest BCUT2D eigenvalue weighted by Gasteiger charge is 2.25. The van der Waals surface area contributed by atoms with Gasteiger partial charge in [0.25, 0.3) is 0 Å². The normalized spacial score (nSPS) is 16.7. The van der Waals surface area contributed by atoms with Gasteiger partial charge in [-0.25, -0.2) is 4.68 Å². The molecule has 0 saturated carbocycles. The number of carboxylic acids is 1. The molecule has 0 spiro atoms. The summed E-state index contributed by atoms with van der Waals surface area (Å²) in [4.78, 5) is 14.4. The van der Waals surface area contributed by atoms with Crippen LogP contribution < -0.4 is 4.74 Å². The van der Waals surface area contributed by atoms with Crippen LogP contribution in [0.25, 0.3) is 11.0 Å². The van der Waals surface area contributed by atoms with E-state index < -0.39 is 5.97 Å². The van der Waals surface area contributed by atoms with E-state index in [9.17, 15) is 9.90 Å². The Labute approximate surface area is 217 Å². The van der Waals surface area contributed by atoms with Gasteiger partial charge in [-0.05, 0) is 60.2 Å². The molecule has 0 saturated heterocycles. The number of ether oxygens (including phenoxy) is 1. The summed E-state index contributed by atoms with van der Waals surface area (Å²) in [5, 5.41) is 18.3. The van der Waals surface area contributed by atoms with E-state index in [-0.39, 0.29) is 18.4 Å². The lowest BCUT2D eigenvalue weighted by Crippen LogP contribution is -2.32. The maximum atomic E-state index is 12.0. The number of benzene rings is 3. The molecule has 1 N–H and O–H groups in total. The summed E-state index contributed by atoms with van der Waals surface area (Å²) in [6.07, 6.45) is 1.08. The van der Waals surface area contributed by atoms with Crippen LogP contribution in [0.4, 0.5) is 0 Å². The molecule has 3 aromatic carbocycles. The van der Waals surface area contributed by atoms with Gasteiger partial charge in [-0.15, -0.1) is 5.10 Å². The van der Waals surface area contributed by atoms with E-state index in [2.05, 4.69) is 65.5 Å². The lowest BCUT2D eigenvalue weighted by atomic mass is 9.84. The van der Waals surface area contributed by atoms with Crippen LogP contribution in [0.5, 0.6) is 5.75 Å². The Kier molecular flexibility index (Phi) is 6.98. The molecule has 0 amide bonds. The molecule has 2 atom stereocenters. The van der Waals surface area contributed by atoms with Crippen molar-refractivity contribution in [2.24, 2.45) is 7.05 Å².